The van der Waals surface area contributed by atoms with E-state index >= 15 is 0 Å². The highest BCUT2D eigenvalue weighted by atomic mass is 32.1. The number of rotatable bonds is 7. The van der Waals surface area contributed by atoms with E-state index in [1.165, 1.54) is 4.88 Å². The van der Waals surface area contributed by atoms with Crippen LogP contribution in [0, 0.1) is 6.92 Å². The van der Waals surface area contributed by atoms with Gasteiger partial charge in [-0.05, 0) is 32.4 Å². The summed E-state index contributed by atoms with van der Waals surface area (Å²) in [6, 6.07) is 4.11. The van der Waals surface area contributed by atoms with Gasteiger partial charge < -0.3 is 10.6 Å². The first-order chi connectivity index (χ1) is 11.9. The highest BCUT2D eigenvalue weighted by Crippen LogP contribution is 2.29. The Hall–Kier alpha value is -1.61. The normalized spacial score (nSPS) is 12.4. The molecule has 25 heavy (non-hydrogen) atoms. The molecule has 0 aliphatic carbocycles. The van der Waals surface area contributed by atoms with Gasteiger partial charge in [-0.1, -0.05) is 0 Å². The van der Waals surface area contributed by atoms with Gasteiger partial charge in [0.2, 0.25) is 0 Å². The second-order valence-corrected chi connectivity index (χ2v) is 7.55. The summed E-state index contributed by atoms with van der Waals surface area (Å²) in [5.41, 5.74) is 0.994. The molecule has 2 aromatic heterocycles. The van der Waals surface area contributed by atoms with Crippen molar-refractivity contribution in [1.29, 1.82) is 0 Å². The number of aliphatic imine (C=N–C) groups is 1. The van der Waals surface area contributed by atoms with Crippen molar-refractivity contribution in [3.05, 3.63) is 27.4 Å². The molecule has 2 rings (SSSR count). The zero-order valence-corrected chi connectivity index (χ0v) is 15.7. The minimum Gasteiger partial charge on any atom is -0.357 e. The number of nitrogens with zero attached hydrogens (tertiary/aromatic N) is 2. The number of alkyl halides is 3. The van der Waals surface area contributed by atoms with Crippen molar-refractivity contribution in [3.63, 3.8) is 0 Å². The van der Waals surface area contributed by atoms with Crippen LogP contribution < -0.4 is 10.6 Å². The third-order valence-corrected chi connectivity index (χ3v) is 5.15. The molecule has 0 aromatic carbocycles. The fourth-order valence-corrected chi connectivity index (χ4v) is 3.72. The molecule has 0 aliphatic heterocycles. The summed E-state index contributed by atoms with van der Waals surface area (Å²) in [7, 11) is 0. The van der Waals surface area contributed by atoms with Crippen molar-refractivity contribution in [2.45, 2.75) is 32.9 Å². The first-order valence-electron chi connectivity index (χ1n) is 7.97. The highest BCUT2D eigenvalue weighted by molar-refractivity contribution is 7.16. The van der Waals surface area contributed by atoms with E-state index < -0.39 is 12.6 Å². The Morgan fingerprint density at radius 2 is 2.08 bits per heavy atom. The quantitative estimate of drug-likeness (QED) is 0.549. The van der Waals surface area contributed by atoms with E-state index in [1.54, 1.807) is 22.7 Å². The molecule has 0 fully saturated rings. The molecule has 0 radical (unpaired) electrons. The van der Waals surface area contributed by atoms with E-state index in [2.05, 4.69) is 32.7 Å². The average molecular weight is 391 g/mol. The maximum atomic E-state index is 12.2. The van der Waals surface area contributed by atoms with E-state index in [0.29, 0.717) is 19.0 Å². The van der Waals surface area contributed by atoms with Gasteiger partial charge in [0.05, 0.1) is 28.5 Å². The molecule has 0 amide bonds. The number of guanidine groups is 1. The number of aromatic nitrogens is 1. The molecule has 0 bridgehead atoms. The zero-order chi connectivity index (χ0) is 18.3. The van der Waals surface area contributed by atoms with Crippen molar-refractivity contribution in [2.24, 2.45) is 4.99 Å². The topological polar surface area (TPSA) is 49.3 Å². The van der Waals surface area contributed by atoms with Crippen LogP contribution in [0.1, 0.15) is 23.2 Å². The van der Waals surface area contributed by atoms with Crippen LogP contribution in [0.5, 0.6) is 0 Å². The molecule has 0 saturated carbocycles. The summed E-state index contributed by atoms with van der Waals surface area (Å²) in [4.78, 5) is 10.8. The van der Waals surface area contributed by atoms with Gasteiger partial charge in [-0.3, -0.25) is 4.99 Å². The van der Waals surface area contributed by atoms with Crippen LogP contribution in [-0.4, -0.2) is 36.8 Å². The third kappa shape index (κ3) is 7.03. The summed E-state index contributed by atoms with van der Waals surface area (Å²) in [5.74, 6) is 0.415. The van der Waals surface area contributed by atoms with E-state index in [1.807, 2.05) is 19.2 Å². The number of thiazole rings is 1. The van der Waals surface area contributed by atoms with Gasteiger partial charge in [-0.2, -0.15) is 13.2 Å². The fraction of sp³-hybridized carbons (Fsp3) is 0.500. The van der Waals surface area contributed by atoms with Gasteiger partial charge >= 0.3 is 6.18 Å². The number of hydrogen-bond acceptors (Lipinski definition) is 4. The summed E-state index contributed by atoms with van der Waals surface area (Å²) in [6.45, 7) is 4.79. The maximum absolute atomic E-state index is 12.2. The van der Waals surface area contributed by atoms with Crippen LogP contribution in [0.25, 0.3) is 10.6 Å². The molecule has 0 unspecified atom stereocenters. The lowest BCUT2D eigenvalue weighted by Crippen LogP contribution is -2.38. The minimum atomic E-state index is -4.18. The second-order valence-electron chi connectivity index (χ2n) is 5.32. The SMILES string of the molecule is CCNC(=NCCC(F)(F)F)NCCc1ccc(-c2csc(C)n2)s1. The third-order valence-electron chi connectivity index (χ3n) is 3.21. The van der Waals surface area contributed by atoms with Crippen molar-refractivity contribution < 1.29 is 13.2 Å². The average Bonchev–Trinajstić information content (AvgIpc) is 3.15. The van der Waals surface area contributed by atoms with Gasteiger partial charge in [0.25, 0.3) is 0 Å². The molecule has 2 heterocycles. The van der Waals surface area contributed by atoms with Crippen LogP contribution in [0.2, 0.25) is 0 Å². The summed E-state index contributed by atoms with van der Waals surface area (Å²) >= 11 is 3.30. The van der Waals surface area contributed by atoms with Crippen LogP contribution in [0.3, 0.4) is 0 Å². The second kappa shape index (κ2) is 9.19. The lowest BCUT2D eigenvalue weighted by molar-refractivity contribution is -0.132. The molecule has 0 saturated heterocycles. The van der Waals surface area contributed by atoms with Crippen molar-refractivity contribution >= 4 is 28.6 Å². The van der Waals surface area contributed by atoms with Gasteiger partial charge in [-0.25, -0.2) is 4.98 Å². The molecule has 9 heteroatoms. The Morgan fingerprint density at radius 3 is 2.72 bits per heavy atom. The number of nitrogens with one attached hydrogen (secondary N) is 2. The van der Waals surface area contributed by atoms with Crippen molar-refractivity contribution in [1.82, 2.24) is 15.6 Å². The molecule has 138 valence electrons. The smallest absolute Gasteiger partial charge is 0.357 e. The van der Waals surface area contributed by atoms with Gasteiger partial charge in [0.15, 0.2) is 5.96 Å². The first-order valence-corrected chi connectivity index (χ1v) is 9.67. The lowest BCUT2D eigenvalue weighted by atomic mass is 10.3. The summed E-state index contributed by atoms with van der Waals surface area (Å²) < 4.78 is 36.6. The Kier molecular flexibility index (Phi) is 7.24. The molecule has 2 aromatic rings. The monoisotopic (exact) mass is 390 g/mol. The number of halogens is 3. The minimum absolute atomic E-state index is 0.273. The molecule has 0 spiro atoms. The summed E-state index contributed by atoms with van der Waals surface area (Å²) in [5, 5.41) is 9.11. The fourth-order valence-electron chi connectivity index (χ4n) is 2.07. The lowest BCUT2D eigenvalue weighted by Gasteiger charge is -2.11. The molecule has 0 atom stereocenters. The van der Waals surface area contributed by atoms with Gasteiger partial charge in [-0.15, -0.1) is 22.7 Å². The number of hydrogen-bond donors (Lipinski definition) is 2. The van der Waals surface area contributed by atoms with E-state index in [9.17, 15) is 13.2 Å². The van der Waals surface area contributed by atoms with Crippen LogP contribution in [0.15, 0.2) is 22.5 Å². The van der Waals surface area contributed by atoms with Crippen molar-refractivity contribution in [2.75, 3.05) is 19.6 Å². The molecular weight excluding hydrogens is 369 g/mol. The van der Waals surface area contributed by atoms with Crippen molar-refractivity contribution in [3.8, 4) is 10.6 Å². The Labute approximate surface area is 153 Å². The van der Waals surface area contributed by atoms with Crippen LogP contribution in [0.4, 0.5) is 13.2 Å². The maximum Gasteiger partial charge on any atom is 0.390 e. The molecule has 0 aliphatic rings. The highest BCUT2D eigenvalue weighted by Gasteiger charge is 2.26. The zero-order valence-electron chi connectivity index (χ0n) is 14.1. The molecule has 4 nitrogen and oxygen atoms in total. The Bertz CT molecular complexity index is 692. The number of aryl methyl sites for hydroxylation is 1. The Balaban J connectivity index is 1.83. The van der Waals surface area contributed by atoms with Crippen LogP contribution >= 0.6 is 22.7 Å². The van der Waals surface area contributed by atoms with Gasteiger partial charge in [0, 0.05) is 23.3 Å². The van der Waals surface area contributed by atoms with Gasteiger partial charge in [0.1, 0.15) is 0 Å². The Morgan fingerprint density at radius 1 is 1.28 bits per heavy atom. The summed E-state index contributed by atoms with van der Waals surface area (Å²) in [6.07, 6.45) is -4.31. The largest absolute Gasteiger partial charge is 0.390 e. The van der Waals surface area contributed by atoms with E-state index in [-0.39, 0.29) is 6.54 Å². The predicted octanol–water partition coefficient (Wildman–Crippen LogP) is 4.23. The molecular formula is C16H21F3N4S2. The van der Waals surface area contributed by atoms with E-state index in [0.717, 1.165) is 22.0 Å². The standard InChI is InChI=1S/C16H21F3N4S2/c1-3-20-15(22-9-7-16(17,18)19)21-8-6-12-4-5-14(25-12)13-10-24-11(2)23-13/h4-5,10H,3,6-9H2,1-2H3,(H2,20,21,22). The predicted molar refractivity (Wildman–Crippen MR) is 98.5 cm³/mol. The molecule has 2 N–H and O–H groups in total. The first kappa shape index (κ1) is 19.7. The van der Waals surface area contributed by atoms with Crippen LogP contribution in [-0.2, 0) is 6.42 Å². The number of thiophene rings is 1. The van der Waals surface area contributed by atoms with E-state index in [4.69, 9.17) is 0 Å².